The monoisotopic (exact) mass is 261 g/mol. The first-order chi connectivity index (χ1) is 9.31. The van der Waals surface area contributed by atoms with Gasteiger partial charge in [-0.1, -0.05) is 6.07 Å². The molecule has 0 atom stereocenters. The zero-order valence-electron chi connectivity index (χ0n) is 10.9. The molecule has 0 radical (unpaired) electrons. The van der Waals surface area contributed by atoms with Crippen LogP contribution in [0.25, 0.3) is 5.65 Å². The van der Waals surface area contributed by atoms with Gasteiger partial charge in [-0.2, -0.15) is 0 Å². The number of pyridine rings is 1. The molecule has 0 aliphatic carbocycles. The van der Waals surface area contributed by atoms with E-state index in [4.69, 9.17) is 5.73 Å². The molecule has 0 saturated heterocycles. The standard InChI is InChI=1S/C13H19N5O/c14-8-3-1-6-13(19)15-9-7-12-17-16-11-5-2-4-10-18(11)12/h2,4-5,10H,1,3,6-9,14H2,(H,15,19). The van der Waals surface area contributed by atoms with Crippen LogP contribution in [0.3, 0.4) is 0 Å². The fourth-order valence-corrected chi connectivity index (χ4v) is 1.89. The number of hydrogen-bond acceptors (Lipinski definition) is 4. The van der Waals surface area contributed by atoms with Crippen molar-refractivity contribution < 1.29 is 4.79 Å². The average molecular weight is 261 g/mol. The Bertz CT molecular complexity index is 537. The van der Waals surface area contributed by atoms with E-state index in [-0.39, 0.29) is 5.91 Å². The number of hydrogen-bond donors (Lipinski definition) is 2. The van der Waals surface area contributed by atoms with Crippen LogP contribution in [0, 0.1) is 0 Å². The van der Waals surface area contributed by atoms with Crippen LogP contribution < -0.4 is 11.1 Å². The van der Waals surface area contributed by atoms with Gasteiger partial charge in [-0.05, 0) is 31.5 Å². The third-order valence-electron chi connectivity index (χ3n) is 2.91. The number of unbranched alkanes of at least 4 members (excludes halogenated alkanes) is 1. The van der Waals surface area contributed by atoms with Gasteiger partial charge in [0, 0.05) is 25.6 Å². The maximum atomic E-state index is 11.5. The maximum Gasteiger partial charge on any atom is 0.220 e. The van der Waals surface area contributed by atoms with E-state index in [9.17, 15) is 4.79 Å². The summed E-state index contributed by atoms with van der Waals surface area (Å²) in [6.07, 6.45) is 4.87. The zero-order valence-corrected chi connectivity index (χ0v) is 10.9. The summed E-state index contributed by atoms with van der Waals surface area (Å²) in [6.45, 7) is 1.22. The predicted octanol–water partition coefficient (Wildman–Crippen LogP) is 0.517. The van der Waals surface area contributed by atoms with Gasteiger partial charge >= 0.3 is 0 Å². The van der Waals surface area contributed by atoms with Crippen molar-refractivity contribution in [2.24, 2.45) is 5.73 Å². The second-order valence-electron chi connectivity index (χ2n) is 4.39. The lowest BCUT2D eigenvalue weighted by Crippen LogP contribution is -2.26. The van der Waals surface area contributed by atoms with Crippen molar-refractivity contribution in [3.05, 3.63) is 30.2 Å². The van der Waals surface area contributed by atoms with Gasteiger partial charge in [-0.15, -0.1) is 10.2 Å². The van der Waals surface area contributed by atoms with Gasteiger partial charge in [0.2, 0.25) is 5.91 Å². The molecule has 102 valence electrons. The minimum Gasteiger partial charge on any atom is -0.356 e. The van der Waals surface area contributed by atoms with Crippen molar-refractivity contribution in [1.82, 2.24) is 19.9 Å². The Morgan fingerprint density at radius 1 is 1.32 bits per heavy atom. The van der Waals surface area contributed by atoms with E-state index >= 15 is 0 Å². The van der Waals surface area contributed by atoms with Gasteiger partial charge in [0.1, 0.15) is 5.82 Å². The minimum atomic E-state index is 0.0715. The molecule has 0 saturated carbocycles. The number of carbonyl (C=O) groups is 1. The Hall–Kier alpha value is -1.95. The second-order valence-corrected chi connectivity index (χ2v) is 4.39. The van der Waals surface area contributed by atoms with Crippen molar-refractivity contribution in [1.29, 1.82) is 0 Å². The van der Waals surface area contributed by atoms with Crippen LogP contribution in [-0.4, -0.2) is 33.6 Å². The van der Waals surface area contributed by atoms with Crippen molar-refractivity contribution >= 4 is 11.6 Å². The first kappa shape index (κ1) is 13.5. The highest BCUT2D eigenvalue weighted by molar-refractivity contribution is 5.75. The highest BCUT2D eigenvalue weighted by atomic mass is 16.1. The van der Waals surface area contributed by atoms with E-state index in [1.807, 2.05) is 28.8 Å². The van der Waals surface area contributed by atoms with Crippen LogP contribution in [0.4, 0.5) is 0 Å². The van der Waals surface area contributed by atoms with Gasteiger partial charge in [0.25, 0.3) is 0 Å². The Kier molecular flexibility index (Phi) is 4.85. The second kappa shape index (κ2) is 6.84. The Labute approximate surface area is 112 Å². The number of amides is 1. The van der Waals surface area contributed by atoms with Gasteiger partial charge < -0.3 is 11.1 Å². The molecule has 6 heteroatoms. The molecule has 0 aliphatic rings. The highest BCUT2D eigenvalue weighted by Gasteiger charge is 2.05. The number of nitrogens with one attached hydrogen (secondary N) is 1. The van der Waals surface area contributed by atoms with Gasteiger partial charge in [0.05, 0.1) is 0 Å². The van der Waals surface area contributed by atoms with E-state index in [0.29, 0.717) is 25.9 Å². The molecular weight excluding hydrogens is 242 g/mol. The summed E-state index contributed by atoms with van der Waals surface area (Å²) >= 11 is 0. The third kappa shape index (κ3) is 3.75. The summed E-state index contributed by atoms with van der Waals surface area (Å²) in [6, 6.07) is 5.76. The predicted molar refractivity (Wildman–Crippen MR) is 72.6 cm³/mol. The van der Waals surface area contributed by atoms with E-state index in [0.717, 1.165) is 24.3 Å². The van der Waals surface area contributed by atoms with Crippen LogP contribution in [0.15, 0.2) is 24.4 Å². The van der Waals surface area contributed by atoms with Crippen molar-refractivity contribution in [2.45, 2.75) is 25.7 Å². The SMILES string of the molecule is NCCCCC(=O)NCCc1nnc2ccccn12. The molecule has 19 heavy (non-hydrogen) atoms. The molecule has 0 aromatic carbocycles. The Balaban J connectivity index is 1.78. The van der Waals surface area contributed by atoms with Gasteiger partial charge in [0.15, 0.2) is 5.65 Å². The summed E-state index contributed by atoms with van der Waals surface area (Å²) in [5.41, 5.74) is 6.21. The number of nitrogens with zero attached hydrogens (tertiary/aromatic N) is 3. The van der Waals surface area contributed by atoms with Crippen molar-refractivity contribution in [3.8, 4) is 0 Å². The highest BCUT2D eigenvalue weighted by Crippen LogP contribution is 2.02. The molecule has 0 bridgehead atoms. The molecule has 2 aromatic heterocycles. The molecule has 1 amide bonds. The molecule has 0 aliphatic heterocycles. The number of rotatable bonds is 7. The number of nitrogens with two attached hydrogens (primary N) is 1. The van der Waals surface area contributed by atoms with Gasteiger partial charge in [-0.25, -0.2) is 0 Å². The molecular formula is C13H19N5O. The first-order valence-electron chi connectivity index (χ1n) is 6.56. The molecule has 3 N–H and O–H groups in total. The van der Waals surface area contributed by atoms with E-state index in [1.165, 1.54) is 0 Å². The fourth-order valence-electron chi connectivity index (χ4n) is 1.89. The van der Waals surface area contributed by atoms with Crippen LogP contribution in [0.2, 0.25) is 0 Å². The topological polar surface area (TPSA) is 85.3 Å². The van der Waals surface area contributed by atoms with Crippen LogP contribution in [0.5, 0.6) is 0 Å². The van der Waals surface area contributed by atoms with E-state index in [1.54, 1.807) is 0 Å². The average Bonchev–Trinajstić information content (AvgIpc) is 2.83. The number of fused-ring (bicyclic) bond motifs is 1. The lowest BCUT2D eigenvalue weighted by Gasteiger charge is -2.04. The van der Waals surface area contributed by atoms with Crippen LogP contribution in [0.1, 0.15) is 25.1 Å². The largest absolute Gasteiger partial charge is 0.356 e. The number of aromatic nitrogens is 3. The zero-order chi connectivity index (χ0) is 13.5. The quantitative estimate of drug-likeness (QED) is 0.711. The van der Waals surface area contributed by atoms with Gasteiger partial charge in [-0.3, -0.25) is 9.20 Å². The molecule has 2 rings (SSSR count). The van der Waals surface area contributed by atoms with Crippen LogP contribution in [-0.2, 0) is 11.2 Å². The summed E-state index contributed by atoms with van der Waals surface area (Å²) in [5.74, 6) is 0.931. The van der Waals surface area contributed by atoms with E-state index < -0.39 is 0 Å². The molecule has 0 unspecified atom stereocenters. The van der Waals surface area contributed by atoms with Crippen LogP contribution >= 0.6 is 0 Å². The molecule has 6 nitrogen and oxygen atoms in total. The minimum absolute atomic E-state index is 0.0715. The molecule has 0 spiro atoms. The molecule has 2 aromatic rings. The third-order valence-corrected chi connectivity index (χ3v) is 2.91. The summed E-state index contributed by atoms with van der Waals surface area (Å²) in [4.78, 5) is 11.5. The first-order valence-corrected chi connectivity index (χ1v) is 6.56. The van der Waals surface area contributed by atoms with E-state index in [2.05, 4.69) is 15.5 Å². The maximum absolute atomic E-state index is 11.5. The number of carbonyl (C=O) groups excluding carboxylic acids is 1. The fraction of sp³-hybridized carbons (Fsp3) is 0.462. The van der Waals surface area contributed by atoms with Crippen molar-refractivity contribution in [3.63, 3.8) is 0 Å². The lowest BCUT2D eigenvalue weighted by atomic mass is 10.2. The molecule has 0 fully saturated rings. The summed E-state index contributed by atoms with van der Waals surface area (Å²) in [5, 5.41) is 11.1. The summed E-state index contributed by atoms with van der Waals surface area (Å²) < 4.78 is 1.93. The summed E-state index contributed by atoms with van der Waals surface area (Å²) in [7, 11) is 0. The Morgan fingerprint density at radius 3 is 3.05 bits per heavy atom. The Morgan fingerprint density at radius 2 is 2.21 bits per heavy atom. The smallest absolute Gasteiger partial charge is 0.220 e. The van der Waals surface area contributed by atoms with Crippen molar-refractivity contribution in [2.75, 3.05) is 13.1 Å². The lowest BCUT2D eigenvalue weighted by molar-refractivity contribution is -0.121. The normalized spacial score (nSPS) is 10.8. The molecule has 2 heterocycles.